The Morgan fingerprint density at radius 2 is 1.43 bits per heavy atom. The Hall–Kier alpha value is -4.50. The zero-order valence-corrected chi connectivity index (χ0v) is 24.4. The Bertz CT molecular complexity index is 1600. The minimum absolute atomic E-state index is 0.0165. The summed E-state index contributed by atoms with van der Waals surface area (Å²) in [6, 6.07) is 28.7. The number of halogens is 1. The van der Waals surface area contributed by atoms with Crippen LogP contribution in [-0.2, 0) is 32.6 Å². The fraction of sp³-hybridized carbons (Fsp3) is 0.212. The molecule has 0 heterocycles. The number of nitrogens with one attached hydrogen (secondary N) is 1. The van der Waals surface area contributed by atoms with Crippen LogP contribution in [0.4, 0.5) is 10.1 Å². The lowest BCUT2D eigenvalue weighted by molar-refractivity contribution is -0.140. The number of aryl methyl sites for hydroxylation is 1. The number of carbonyl (C=O) groups excluding carboxylic acids is 2. The summed E-state index contributed by atoms with van der Waals surface area (Å²) < 4.78 is 42.5. The first kappa shape index (κ1) is 30.5. The second-order valence-electron chi connectivity index (χ2n) is 9.85. The van der Waals surface area contributed by atoms with Crippen molar-refractivity contribution in [2.75, 3.05) is 17.4 Å². The summed E-state index contributed by atoms with van der Waals surface area (Å²) in [7, 11) is -4.23. The topological polar surface area (TPSA) is 86.8 Å². The summed E-state index contributed by atoms with van der Waals surface area (Å²) in [6.45, 7) is 3.57. The maximum absolute atomic E-state index is 14.3. The third-order valence-corrected chi connectivity index (χ3v) is 8.74. The molecule has 0 radical (unpaired) electrons. The van der Waals surface area contributed by atoms with Gasteiger partial charge >= 0.3 is 0 Å². The van der Waals surface area contributed by atoms with Gasteiger partial charge < -0.3 is 10.2 Å². The van der Waals surface area contributed by atoms with Crippen LogP contribution >= 0.6 is 0 Å². The Balaban J connectivity index is 1.79. The van der Waals surface area contributed by atoms with Crippen LogP contribution in [0.5, 0.6) is 0 Å². The van der Waals surface area contributed by atoms with Crippen LogP contribution in [0.1, 0.15) is 23.6 Å². The van der Waals surface area contributed by atoms with Gasteiger partial charge in [-0.25, -0.2) is 12.8 Å². The van der Waals surface area contributed by atoms with E-state index in [0.29, 0.717) is 6.54 Å². The quantitative estimate of drug-likeness (QED) is 0.250. The predicted octanol–water partition coefficient (Wildman–Crippen LogP) is 5.11. The van der Waals surface area contributed by atoms with E-state index in [4.69, 9.17) is 0 Å². The molecule has 0 saturated heterocycles. The van der Waals surface area contributed by atoms with Gasteiger partial charge in [0.1, 0.15) is 18.4 Å². The number of anilines is 1. The normalized spacial score (nSPS) is 11.9. The first-order valence-electron chi connectivity index (χ1n) is 13.7. The van der Waals surface area contributed by atoms with Crippen LogP contribution in [0.25, 0.3) is 0 Å². The highest BCUT2D eigenvalue weighted by Gasteiger charge is 2.34. The van der Waals surface area contributed by atoms with Gasteiger partial charge in [-0.1, -0.05) is 72.8 Å². The highest BCUT2D eigenvalue weighted by atomic mass is 32.2. The maximum Gasteiger partial charge on any atom is 0.264 e. The highest BCUT2D eigenvalue weighted by Crippen LogP contribution is 2.25. The van der Waals surface area contributed by atoms with E-state index in [1.165, 1.54) is 29.2 Å². The molecule has 0 spiro atoms. The molecule has 4 rings (SSSR count). The van der Waals surface area contributed by atoms with Gasteiger partial charge in [-0.2, -0.15) is 0 Å². The maximum atomic E-state index is 14.3. The van der Waals surface area contributed by atoms with Crippen molar-refractivity contribution in [3.05, 3.63) is 132 Å². The molecule has 0 aliphatic rings. The SMILES string of the molecule is CCNC(=O)C(Cc1ccccc1)N(Cc1ccccc1C)C(=O)CN(c1ccc(F)cc1)S(=O)(=O)c1ccccc1. The van der Waals surface area contributed by atoms with E-state index in [0.717, 1.165) is 33.1 Å². The molecule has 0 aromatic heterocycles. The minimum Gasteiger partial charge on any atom is -0.355 e. The second-order valence-corrected chi connectivity index (χ2v) is 11.7. The van der Waals surface area contributed by atoms with Crippen molar-refractivity contribution in [1.82, 2.24) is 10.2 Å². The zero-order chi connectivity index (χ0) is 30.1. The van der Waals surface area contributed by atoms with Crippen LogP contribution < -0.4 is 9.62 Å². The largest absolute Gasteiger partial charge is 0.355 e. The zero-order valence-electron chi connectivity index (χ0n) is 23.6. The fourth-order valence-electron chi connectivity index (χ4n) is 4.67. The van der Waals surface area contributed by atoms with E-state index in [1.807, 2.05) is 61.5 Å². The molecule has 4 aromatic rings. The Morgan fingerprint density at radius 1 is 0.833 bits per heavy atom. The molecular weight excluding hydrogens is 553 g/mol. The minimum atomic E-state index is -4.23. The number of carbonyl (C=O) groups is 2. The predicted molar refractivity (Wildman–Crippen MR) is 162 cm³/mol. The van der Waals surface area contributed by atoms with E-state index in [2.05, 4.69) is 5.32 Å². The smallest absolute Gasteiger partial charge is 0.264 e. The van der Waals surface area contributed by atoms with E-state index in [1.54, 1.807) is 25.1 Å². The summed E-state index contributed by atoms with van der Waals surface area (Å²) in [6.07, 6.45) is 0.228. The molecule has 42 heavy (non-hydrogen) atoms. The summed E-state index contributed by atoms with van der Waals surface area (Å²) >= 11 is 0. The van der Waals surface area contributed by atoms with Crippen LogP contribution in [0, 0.1) is 12.7 Å². The third kappa shape index (κ3) is 7.41. The van der Waals surface area contributed by atoms with Crippen molar-refractivity contribution in [2.45, 2.75) is 37.8 Å². The first-order valence-corrected chi connectivity index (χ1v) is 15.1. The van der Waals surface area contributed by atoms with Crippen LogP contribution in [0.3, 0.4) is 0 Å². The average molecular weight is 588 g/mol. The Kier molecular flexibility index (Phi) is 10.1. The van der Waals surface area contributed by atoms with Crippen molar-refractivity contribution < 1.29 is 22.4 Å². The summed E-state index contributed by atoms with van der Waals surface area (Å²) in [5.74, 6) is -1.46. The van der Waals surface area contributed by atoms with Crippen molar-refractivity contribution >= 4 is 27.5 Å². The molecule has 4 aromatic carbocycles. The number of amides is 2. The van der Waals surface area contributed by atoms with Crippen LogP contribution in [0.15, 0.2) is 114 Å². The molecule has 218 valence electrons. The Labute approximate surface area is 246 Å². The molecule has 0 fully saturated rings. The molecule has 0 bridgehead atoms. The number of hydrogen-bond acceptors (Lipinski definition) is 4. The molecule has 0 aliphatic heterocycles. The second kappa shape index (κ2) is 13.9. The standard InChI is InChI=1S/C33H34FN3O4S/c1-3-35-33(39)31(22-26-13-6-4-7-14-26)36(23-27-15-11-10-12-25(27)2)32(38)24-37(29-20-18-28(34)19-21-29)42(40,41)30-16-8-5-9-17-30/h4-21,31H,3,22-24H2,1-2H3,(H,35,39). The molecule has 9 heteroatoms. The Morgan fingerprint density at radius 3 is 2.05 bits per heavy atom. The van der Waals surface area contributed by atoms with E-state index < -0.39 is 34.3 Å². The lowest BCUT2D eigenvalue weighted by Gasteiger charge is -2.34. The molecular formula is C33H34FN3O4S. The van der Waals surface area contributed by atoms with Crippen molar-refractivity contribution in [3.8, 4) is 0 Å². The molecule has 2 amide bonds. The molecule has 1 N–H and O–H groups in total. The number of nitrogens with zero attached hydrogens (tertiary/aromatic N) is 2. The van der Waals surface area contributed by atoms with Crippen molar-refractivity contribution in [2.24, 2.45) is 0 Å². The summed E-state index contributed by atoms with van der Waals surface area (Å²) in [5.41, 5.74) is 2.73. The summed E-state index contributed by atoms with van der Waals surface area (Å²) in [5, 5.41) is 2.84. The number of hydrogen-bond donors (Lipinski definition) is 1. The number of rotatable bonds is 12. The van der Waals surface area contributed by atoms with Gasteiger partial charge in [-0.05, 0) is 66.9 Å². The number of sulfonamides is 1. The summed E-state index contributed by atoms with van der Waals surface area (Å²) in [4.78, 5) is 29.2. The van der Waals surface area contributed by atoms with Crippen LogP contribution in [0.2, 0.25) is 0 Å². The monoisotopic (exact) mass is 587 g/mol. The first-order chi connectivity index (χ1) is 20.2. The van der Waals surface area contributed by atoms with Crippen molar-refractivity contribution in [3.63, 3.8) is 0 Å². The molecule has 0 saturated carbocycles. The van der Waals surface area contributed by atoms with Crippen molar-refractivity contribution in [1.29, 1.82) is 0 Å². The number of benzene rings is 4. The van der Waals surface area contributed by atoms with Crippen LogP contribution in [-0.4, -0.2) is 44.3 Å². The third-order valence-electron chi connectivity index (χ3n) is 6.95. The molecule has 0 aliphatic carbocycles. The number of likely N-dealkylation sites (N-methyl/N-ethyl adjacent to an activating group) is 1. The van der Waals surface area contributed by atoms with E-state index in [-0.39, 0.29) is 29.5 Å². The van der Waals surface area contributed by atoms with E-state index in [9.17, 15) is 22.4 Å². The van der Waals surface area contributed by atoms with Gasteiger partial charge in [0, 0.05) is 19.5 Å². The van der Waals surface area contributed by atoms with Gasteiger partial charge in [0.25, 0.3) is 10.0 Å². The fourth-order valence-corrected chi connectivity index (χ4v) is 6.11. The average Bonchev–Trinajstić information content (AvgIpc) is 3.00. The van der Waals surface area contributed by atoms with Gasteiger partial charge in [-0.3, -0.25) is 13.9 Å². The van der Waals surface area contributed by atoms with E-state index >= 15 is 0 Å². The van der Waals surface area contributed by atoms with Gasteiger partial charge in [0.15, 0.2) is 0 Å². The molecule has 1 atom stereocenters. The van der Waals surface area contributed by atoms with Gasteiger partial charge in [0.2, 0.25) is 11.8 Å². The lowest BCUT2D eigenvalue weighted by Crippen LogP contribution is -2.53. The molecule has 7 nitrogen and oxygen atoms in total. The molecule has 1 unspecified atom stereocenters. The van der Waals surface area contributed by atoms with Gasteiger partial charge in [0.05, 0.1) is 10.6 Å². The highest BCUT2D eigenvalue weighted by molar-refractivity contribution is 7.92. The lowest BCUT2D eigenvalue weighted by atomic mass is 10.0. The van der Waals surface area contributed by atoms with Gasteiger partial charge in [-0.15, -0.1) is 0 Å².